The van der Waals surface area contributed by atoms with Gasteiger partial charge in [-0.2, -0.15) is 0 Å². The third kappa shape index (κ3) is 3.00. The Morgan fingerprint density at radius 1 is 1.37 bits per heavy atom. The average molecular weight is 278 g/mol. The van der Waals surface area contributed by atoms with Crippen LogP contribution < -0.4 is 16.4 Å². The van der Waals surface area contributed by atoms with Crippen molar-refractivity contribution in [2.24, 2.45) is 0 Å². The van der Waals surface area contributed by atoms with Gasteiger partial charge in [-0.1, -0.05) is 0 Å². The fourth-order valence-corrected chi connectivity index (χ4v) is 2.64. The van der Waals surface area contributed by atoms with Crippen molar-refractivity contribution in [2.75, 3.05) is 18.8 Å². The van der Waals surface area contributed by atoms with Gasteiger partial charge in [-0.05, 0) is 6.07 Å². The number of nitrogen functional groups attached to an aromatic ring is 1. The standard InChI is InChI=1S/C12H14N4O2S/c1-7(17)15-4-5-16-12(18)11-10(13)8-2-3-14-6-9(8)19-11/h2-3,6H,4-5,13H2,1H3,(H,15,17)(H,16,18). The van der Waals surface area contributed by atoms with E-state index in [9.17, 15) is 9.59 Å². The molecule has 0 saturated carbocycles. The lowest BCUT2D eigenvalue weighted by molar-refractivity contribution is -0.118. The number of carbonyl (C=O) groups is 2. The summed E-state index contributed by atoms with van der Waals surface area (Å²) in [6, 6.07) is 1.79. The van der Waals surface area contributed by atoms with Crippen LogP contribution in [0.4, 0.5) is 5.69 Å². The fourth-order valence-electron chi connectivity index (χ4n) is 1.63. The quantitative estimate of drug-likeness (QED) is 0.719. The Morgan fingerprint density at radius 2 is 2.11 bits per heavy atom. The molecular weight excluding hydrogens is 264 g/mol. The predicted molar refractivity (Wildman–Crippen MR) is 75.0 cm³/mol. The van der Waals surface area contributed by atoms with Crippen LogP contribution in [0.25, 0.3) is 10.1 Å². The lowest BCUT2D eigenvalue weighted by Gasteiger charge is -2.04. The number of amides is 2. The number of nitrogens with zero attached hydrogens (tertiary/aromatic N) is 1. The Bertz CT molecular complexity index is 623. The van der Waals surface area contributed by atoms with Crippen molar-refractivity contribution < 1.29 is 9.59 Å². The number of hydrogen-bond acceptors (Lipinski definition) is 5. The first-order valence-corrected chi connectivity index (χ1v) is 6.56. The molecule has 0 saturated heterocycles. The van der Waals surface area contributed by atoms with E-state index in [1.807, 2.05) is 0 Å². The van der Waals surface area contributed by atoms with Gasteiger partial charge in [-0.15, -0.1) is 11.3 Å². The van der Waals surface area contributed by atoms with Gasteiger partial charge in [0.1, 0.15) is 4.88 Å². The van der Waals surface area contributed by atoms with Crippen LogP contribution in [0.3, 0.4) is 0 Å². The number of thiophene rings is 1. The van der Waals surface area contributed by atoms with Crippen molar-refractivity contribution >= 4 is 38.9 Å². The summed E-state index contributed by atoms with van der Waals surface area (Å²) in [5.41, 5.74) is 6.42. The molecule has 0 aliphatic rings. The molecule has 100 valence electrons. The summed E-state index contributed by atoms with van der Waals surface area (Å²) < 4.78 is 0.881. The number of rotatable bonds is 4. The number of nitrogens with one attached hydrogen (secondary N) is 2. The summed E-state index contributed by atoms with van der Waals surface area (Å²) in [6.07, 6.45) is 3.33. The van der Waals surface area contributed by atoms with E-state index in [0.717, 1.165) is 10.1 Å². The summed E-state index contributed by atoms with van der Waals surface area (Å²) in [6.45, 7) is 2.19. The monoisotopic (exact) mass is 278 g/mol. The number of anilines is 1. The van der Waals surface area contributed by atoms with Crippen molar-refractivity contribution in [2.45, 2.75) is 6.92 Å². The summed E-state index contributed by atoms with van der Waals surface area (Å²) in [7, 11) is 0. The molecule has 4 N–H and O–H groups in total. The lowest BCUT2D eigenvalue weighted by Crippen LogP contribution is -2.33. The summed E-state index contributed by atoms with van der Waals surface area (Å²) in [5, 5.41) is 6.15. The Hall–Kier alpha value is -2.15. The maximum atomic E-state index is 12.0. The molecule has 0 aliphatic heterocycles. The molecule has 19 heavy (non-hydrogen) atoms. The molecule has 2 aromatic rings. The van der Waals surface area contributed by atoms with Crippen molar-refractivity contribution in [3.8, 4) is 0 Å². The summed E-state index contributed by atoms with van der Waals surface area (Å²) in [5.74, 6) is -0.356. The highest BCUT2D eigenvalue weighted by Gasteiger charge is 2.15. The molecule has 7 heteroatoms. The predicted octanol–water partition coefficient (Wildman–Crippen LogP) is 0.744. The van der Waals surface area contributed by atoms with Crippen molar-refractivity contribution in [3.05, 3.63) is 23.3 Å². The van der Waals surface area contributed by atoms with E-state index in [4.69, 9.17) is 5.73 Å². The summed E-state index contributed by atoms with van der Waals surface area (Å²) >= 11 is 1.31. The van der Waals surface area contributed by atoms with Gasteiger partial charge in [0.05, 0.1) is 10.4 Å². The number of nitrogens with two attached hydrogens (primary N) is 1. The summed E-state index contributed by atoms with van der Waals surface area (Å²) in [4.78, 5) is 27.1. The Balaban J connectivity index is 2.05. The fraction of sp³-hybridized carbons (Fsp3) is 0.250. The molecule has 0 aromatic carbocycles. The van der Waals surface area contributed by atoms with Crippen LogP contribution in [-0.4, -0.2) is 29.9 Å². The molecule has 0 aliphatic carbocycles. The van der Waals surface area contributed by atoms with Gasteiger partial charge < -0.3 is 16.4 Å². The van der Waals surface area contributed by atoms with Crippen LogP contribution in [0.1, 0.15) is 16.6 Å². The van der Waals surface area contributed by atoms with Gasteiger partial charge >= 0.3 is 0 Å². The molecule has 2 amide bonds. The van der Waals surface area contributed by atoms with Gasteiger partial charge in [-0.25, -0.2) is 0 Å². The van der Waals surface area contributed by atoms with Gasteiger partial charge in [0.25, 0.3) is 5.91 Å². The van der Waals surface area contributed by atoms with Crippen LogP contribution in [0.5, 0.6) is 0 Å². The van der Waals surface area contributed by atoms with E-state index < -0.39 is 0 Å². The average Bonchev–Trinajstić information content (AvgIpc) is 2.72. The maximum absolute atomic E-state index is 12.0. The Labute approximate surface area is 114 Å². The second-order valence-corrected chi connectivity index (χ2v) is 5.01. The van der Waals surface area contributed by atoms with Gasteiger partial charge in [0, 0.05) is 37.8 Å². The molecule has 0 fully saturated rings. The Morgan fingerprint density at radius 3 is 2.79 bits per heavy atom. The first-order valence-electron chi connectivity index (χ1n) is 5.74. The molecule has 6 nitrogen and oxygen atoms in total. The topological polar surface area (TPSA) is 97.1 Å². The van der Waals surface area contributed by atoms with Gasteiger partial charge in [0.2, 0.25) is 5.91 Å². The third-order valence-electron chi connectivity index (χ3n) is 2.52. The van der Waals surface area contributed by atoms with E-state index in [1.165, 1.54) is 18.3 Å². The zero-order valence-corrected chi connectivity index (χ0v) is 11.2. The minimum absolute atomic E-state index is 0.123. The maximum Gasteiger partial charge on any atom is 0.263 e. The van der Waals surface area contributed by atoms with Crippen LogP contribution in [-0.2, 0) is 4.79 Å². The minimum atomic E-state index is -0.232. The molecule has 0 radical (unpaired) electrons. The third-order valence-corrected chi connectivity index (χ3v) is 3.68. The van der Waals surface area contributed by atoms with Gasteiger partial charge in [-0.3, -0.25) is 14.6 Å². The SMILES string of the molecule is CC(=O)NCCNC(=O)c1sc2cnccc2c1N. The van der Waals surface area contributed by atoms with Crippen LogP contribution in [0.2, 0.25) is 0 Å². The number of pyridine rings is 1. The van der Waals surface area contributed by atoms with E-state index in [2.05, 4.69) is 15.6 Å². The van der Waals surface area contributed by atoms with Crippen molar-refractivity contribution in [1.29, 1.82) is 0 Å². The number of aromatic nitrogens is 1. The van der Waals surface area contributed by atoms with E-state index in [0.29, 0.717) is 23.7 Å². The Kier molecular flexibility index (Phi) is 3.96. The molecule has 2 rings (SSSR count). The molecule has 2 aromatic heterocycles. The van der Waals surface area contributed by atoms with Crippen LogP contribution >= 0.6 is 11.3 Å². The van der Waals surface area contributed by atoms with Crippen LogP contribution in [0.15, 0.2) is 18.5 Å². The molecular formula is C12H14N4O2S. The van der Waals surface area contributed by atoms with E-state index >= 15 is 0 Å². The highest BCUT2D eigenvalue weighted by molar-refractivity contribution is 7.21. The number of carbonyl (C=O) groups excluding carboxylic acids is 2. The largest absolute Gasteiger partial charge is 0.397 e. The second-order valence-electron chi connectivity index (χ2n) is 3.96. The highest BCUT2D eigenvalue weighted by atomic mass is 32.1. The first-order chi connectivity index (χ1) is 9.09. The zero-order valence-electron chi connectivity index (χ0n) is 10.4. The molecule has 0 unspecified atom stereocenters. The molecule has 2 heterocycles. The van der Waals surface area contributed by atoms with Crippen molar-refractivity contribution in [3.63, 3.8) is 0 Å². The number of hydrogen-bond donors (Lipinski definition) is 3. The van der Waals surface area contributed by atoms with Crippen molar-refractivity contribution in [1.82, 2.24) is 15.6 Å². The highest BCUT2D eigenvalue weighted by Crippen LogP contribution is 2.32. The lowest BCUT2D eigenvalue weighted by atomic mass is 10.2. The molecule has 0 bridgehead atoms. The number of fused-ring (bicyclic) bond motifs is 1. The normalized spacial score (nSPS) is 10.4. The van der Waals surface area contributed by atoms with E-state index in [1.54, 1.807) is 18.5 Å². The van der Waals surface area contributed by atoms with E-state index in [-0.39, 0.29) is 11.8 Å². The smallest absolute Gasteiger partial charge is 0.263 e. The molecule has 0 atom stereocenters. The molecule has 0 spiro atoms. The zero-order chi connectivity index (χ0) is 13.8. The van der Waals surface area contributed by atoms with Crippen LogP contribution in [0, 0.1) is 0 Å². The first kappa shape index (κ1) is 13.3. The minimum Gasteiger partial charge on any atom is -0.397 e. The second kappa shape index (κ2) is 5.66. The van der Waals surface area contributed by atoms with Gasteiger partial charge in [0.15, 0.2) is 0 Å².